The third-order valence-electron chi connectivity index (χ3n) is 2.88. The number of nitrogens with one attached hydrogen (secondary N) is 2. The molecule has 0 spiro atoms. The standard InChI is InChI=1S/C12H16BrN3O/c13-8-4-5-10(9(14)7-8)16-11-3-1-2-6-15-12(11)17/h4-5,7,11,16H,1-3,6,14H2,(H,15,17). The first-order valence-corrected chi connectivity index (χ1v) is 6.55. The van der Waals surface area contributed by atoms with Gasteiger partial charge in [0, 0.05) is 11.0 Å². The van der Waals surface area contributed by atoms with Crippen molar-refractivity contribution >= 4 is 33.2 Å². The molecule has 1 aliphatic heterocycles. The van der Waals surface area contributed by atoms with E-state index in [0.717, 1.165) is 36.0 Å². The lowest BCUT2D eigenvalue weighted by Gasteiger charge is -2.18. The zero-order chi connectivity index (χ0) is 12.3. The summed E-state index contributed by atoms with van der Waals surface area (Å²) in [6.07, 6.45) is 2.94. The Labute approximate surface area is 109 Å². The highest BCUT2D eigenvalue weighted by Crippen LogP contribution is 2.24. The van der Waals surface area contributed by atoms with Gasteiger partial charge < -0.3 is 16.4 Å². The van der Waals surface area contributed by atoms with E-state index < -0.39 is 0 Å². The van der Waals surface area contributed by atoms with Crippen LogP contribution in [0.3, 0.4) is 0 Å². The number of nitrogens with two attached hydrogens (primary N) is 1. The Hall–Kier alpha value is -1.23. The maximum absolute atomic E-state index is 11.8. The second-order valence-electron chi connectivity index (χ2n) is 4.22. The largest absolute Gasteiger partial charge is 0.397 e. The van der Waals surface area contributed by atoms with E-state index >= 15 is 0 Å². The molecule has 1 amide bonds. The van der Waals surface area contributed by atoms with Gasteiger partial charge in [-0.05, 0) is 37.5 Å². The van der Waals surface area contributed by atoms with E-state index in [2.05, 4.69) is 26.6 Å². The van der Waals surface area contributed by atoms with Crippen LogP contribution in [0.5, 0.6) is 0 Å². The minimum atomic E-state index is -0.180. The summed E-state index contributed by atoms with van der Waals surface area (Å²) in [5.74, 6) is 0.0600. The molecule has 0 aliphatic carbocycles. The van der Waals surface area contributed by atoms with E-state index in [0.29, 0.717) is 5.69 Å². The van der Waals surface area contributed by atoms with Gasteiger partial charge in [-0.1, -0.05) is 15.9 Å². The molecule has 0 bridgehead atoms. The zero-order valence-electron chi connectivity index (χ0n) is 9.50. The molecule has 0 aromatic heterocycles. The lowest BCUT2D eigenvalue weighted by molar-refractivity contribution is -0.121. The molecule has 17 heavy (non-hydrogen) atoms. The molecular weight excluding hydrogens is 282 g/mol. The Kier molecular flexibility index (Phi) is 3.89. The van der Waals surface area contributed by atoms with Gasteiger partial charge in [0.05, 0.1) is 11.4 Å². The van der Waals surface area contributed by atoms with E-state index in [9.17, 15) is 4.79 Å². The Morgan fingerprint density at radius 3 is 3.00 bits per heavy atom. The van der Waals surface area contributed by atoms with Gasteiger partial charge in [0.1, 0.15) is 6.04 Å². The van der Waals surface area contributed by atoms with Gasteiger partial charge in [0.15, 0.2) is 0 Å². The molecule has 1 aromatic carbocycles. The Morgan fingerprint density at radius 2 is 2.24 bits per heavy atom. The molecule has 1 unspecified atom stereocenters. The summed E-state index contributed by atoms with van der Waals surface area (Å²) in [4.78, 5) is 11.8. The van der Waals surface area contributed by atoms with Crippen molar-refractivity contribution in [3.8, 4) is 0 Å². The number of rotatable bonds is 2. The van der Waals surface area contributed by atoms with Crippen molar-refractivity contribution in [3.05, 3.63) is 22.7 Å². The molecule has 1 heterocycles. The number of halogens is 1. The second-order valence-corrected chi connectivity index (χ2v) is 5.13. The van der Waals surface area contributed by atoms with Crippen LogP contribution in [0.4, 0.5) is 11.4 Å². The molecule has 0 radical (unpaired) electrons. The van der Waals surface area contributed by atoms with Crippen molar-refractivity contribution < 1.29 is 4.79 Å². The third kappa shape index (κ3) is 3.12. The first-order valence-electron chi connectivity index (χ1n) is 5.76. The van der Waals surface area contributed by atoms with E-state index in [1.807, 2.05) is 18.2 Å². The second kappa shape index (κ2) is 5.40. The Balaban J connectivity index is 2.10. The lowest BCUT2D eigenvalue weighted by Crippen LogP contribution is -2.38. The number of carbonyl (C=O) groups excluding carboxylic acids is 1. The van der Waals surface area contributed by atoms with Crippen LogP contribution in [-0.2, 0) is 4.79 Å². The minimum Gasteiger partial charge on any atom is -0.397 e. The van der Waals surface area contributed by atoms with Crippen molar-refractivity contribution in [3.63, 3.8) is 0 Å². The van der Waals surface area contributed by atoms with Crippen molar-refractivity contribution in [2.24, 2.45) is 0 Å². The molecule has 92 valence electrons. The first-order chi connectivity index (χ1) is 8.16. The average molecular weight is 298 g/mol. The monoisotopic (exact) mass is 297 g/mol. The van der Waals surface area contributed by atoms with Gasteiger partial charge in [-0.25, -0.2) is 0 Å². The van der Waals surface area contributed by atoms with Gasteiger partial charge >= 0.3 is 0 Å². The highest BCUT2D eigenvalue weighted by atomic mass is 79.9. The summed E-state index contributed by atoms with van der Waals surface area (Å²) in [5.41, 5.74) is 7.36. The minimum absolute atomic E-state index is 0.0600. The number of benzene rings is 1. The average Bonchev–Trinajstić information content (AvgIpc) is 2.48. The number of anilines is 2. The third-order valence-corrected chi connectivity index (χ3v) is 3.37. The Bertz CT molecular complexity index is 422. The fraction of sp³-hybridized carbons (Fsp3) is 0.417. The van der Waals surface area contributed by atoms with Crippen LogP contribution in [0.1, 0.15) is 19.3 Å². The van der Waals surface area contributed by atoms with Gasteiger partial charge in [-0.15, -0.1) is 0 Å². The number of carbonyl (C=O) groups is 1. The topological polar surface area (TPSA) is 67.2 Å². The van der Waals surface area contributed by atoms with Gasteiger partial charge in [0.2, 0.25) is 5.91 Å². The van der Waals surface area contributed by atoms with Gasteiger partial charge in [-0.3, -0.25) is 4.79 Å². The van der Waals surface area contributed by atoms with Crippen LogP contribution in [0.15, 0.2) is 22.7 Å². The highest BCUT2D eigenvalue weighted by Gasteiger charge is 2.20. The Morgan fingerprint density at radius 1 is 1.41 bits per heavy atom. The molecule has 2 rings (SSSR count). The number of hydrogen-bond donors (Lipinski definition) is 3. The molecule has 4 N–H and O–H groups in total. The summed E-state index contributed by atoms with van der Waals surface area (Å²) in [7, 11) is 0. The normalized spacial score (nSPS) is 20.5. The number of hydrogen-bond acceptors (Lipinski definition) is 3. The maximum Gasteiger partial charge on any atom is 0.242 e. The summed E-state index contributed by atoms with van der Waals surface area (Å²) in [5, 5.41) is 6.10. The van der Waals surface area contributed by atoms with Crippen molar-refractivity contribution in [1.29, 1.82) is 0 Å². The number of nitrogen functional groups attached to an aromatic ring is 1. The zero-order valence-corrected chi connectivity index (χ0v) is 11.1. The molecule has 4 nitrogen and oxygen atoms in total. The summed E-state index contributed by atoms with van der Waals surface area (Å²) >= 11 is 3.36. The fourth-order valence-electron chi connectivity index (χ4n) is 1.93. The molecule has 1 saturated heterocycles. The first kappa shape index (κ1) is 12.2. The van der Waals surface area contributed by atoms with Gasteiger partial charge in [0.25, 0.3) is 0 Å². The maximum atomic E-state index is 11.8. The van der Waals surface area contributed by atoms with E-state index in [1.165, 1.54) is 0 Å². The van der Waals surface area contributed by atoms with Crippen molar-refractivity contribution in [2.45, 2.75) is 25.3 Å². The predicted molar refractivity (Wildman–Crippen MR) is 72.8 cm³/mol. The van der Waals surface area contributed by atoms with Crippen molar-refractivity contribution in [1.82, 2.24) is 5.32 Å². The van der Waals surface area contributed by atoms with Crippen LogP contribution in [-0.4, -0.2) is 18.5 Å². The van der Waals surface area contributed by atoms with Crippen LogP contribution >= 0.6 is 15.9 Å². The molecule has 1 atom stereocenters. The fourth-order valence-corrected chi connectivity index (χ4v) is 2.31. The number of amides is 1. The predicted octanol–water partition coefficient (Wildman–Crippen LogP) is 2.11. The van der Waals surface area contributed by atoms with E-state index in [4.69, 9.17) is 5.73 Å². The van der Waals surface area contributed by atoms with Crippen LogP contribution in [0.2, 0.25) is 0 Å². The van der Waals surface area contributed by atoms with Crippen LogP contribution in [0, 0.1) is 0 Å². The molecule has 1 fully saturated rings. The SMILES string of the molecule is Nc1cc(Br)ccc1NC1CCCCNC1=O. The van der Waals surface area contributed by atoms with Crippen LogP contribution < -0.4 is 16.4 Å². The summed E-state index contributed by atoms with van der Waals surface area (Å²) in [6.45, 7) is 0.771. The van der Waals surface area contributed by atoms with Gasteiger partial charge in [-0.2, -0.15) is 0 Å². The summed E-state index contributed by atoms with van der Waals surface area (Å²) < 4.78 is 0.936. The molecule has 1 aliphatic rings. The molecule has 0 saturated carbocycles. The van der Waals surface area contributed by atoms with E-state index in [1.54, 1.807) is 0 Å². The molecule has 5 heteroatoms. The highest BCUT2D eigenvalue weighted by molar-refractivity contribution is 9.10. The summed E-state index contributed by atoms with van der Waals surface area (Å²) in [6, 6.07) is 5.45. The van der Waals surface area contributed by atoms with Crippen molar-refractivity contribution in [2.75, 3.05) is 17.6 Å². The smallest absolute Gasteiger partial charge is 0.242 e. The quantitative estimate of drug-likeness (QED) is 0.733. The van der Waals surface area contributed by atoms with Crippen LogP contribution in [0.25, 0.3) is 0 Å². The molecule has 1 aromatic rings. The van der Waals surface area contributed by atoms with E-state index in [-0.39, 0.29) is 11.9 Å². The molecular formula is C12H16BrN3O. The lowest BCUT2D eigenvalue weighted by atomic mass is 10.1.